The van der Waals surface area contributed by atoms with Crippen LogP contribution in [0.4, 0.5) is 0 Å². The molecule has 8 aromatic carbocycles. The van der Waals surface area contributed by atoms with Gasteiger partial charge in [-0.3, -0.25) is 0 Å². The third kappa shape index (κ3) is 4.56. The number of aromatic nitrogens is 2. The normalized spacial score (nSPS) is 17.4. The third-order valence-electron chi connectivity index (χ3n) is 12.0. The summed E-state index contributed by atoms with van der Waals surface area (Å²) in [6.45, 7) is 0. The number of hydrogen-bond acceptors (Lipinski definition) is 2. The molecule has 0 saturated carbocycles. The summed E-state index contributed by atoms with van der Waals surface area (Å²) in [6, 6.07) is 79.4. The van der Waals surface area contributed by atoms with E-state index < -0.39 is 10.8 Å². The Hall–Kier alpha value is -7.16. The number of rotatable bonds is 6. The van der Waals surface area contributed by atoms with Crippen LogP contribution in [-0.4, -0.2) is 9.97 Å². The van der Waals surface area contributed by atoms with Gasteiger partial charge in [-0.2, -0.15) is 0 Å². The Labute approximate surface area is 327 Å². The summed E-state index contributed by atoms with van der Waals surface area (Å²) in [7, 11) is 0. The maximum absolute atomic E-state index is 5.27. The highest BCUT2D eigenvalue weighted by molar-refractivity contribution is 5.92. The predicted molar refractivity (Wildman–Crippen MR) is 228 cm³/mol. The lowest BCUT2D eigenvalue weighted by Gasteiger charge is -2.49. The van der Waals surface area contributed by atoms with Crippen LogP contribution >= 0.6 is 0 Å². The van der Waals surface area contributed by atoms with Crippen LogP contribution < -0.4 is 0 Å². The number of hydrogen-bond donors (Lipinski definition) is 0. The molecule has 2 unspecified atom stereocenters. The molecule has 2 aliphatic carbocycles. The monoisotopic (exact) mass is 712 g/mol. The predicted octanol–water partition coefficient (Wildman–Crippen LogP) is 12.5. The quantitative estimate of drug-likeness (QED) is 0.172. The lowest BCUT2D eigenvalue weighted by Crippen LogP contribution is -2.44. The second-order valence-corrected chi connectivity index (χ2v) is 14.8. The average Bonchev–Trinajstić information content (AvgIpc) is 3.60. The van der Waals surface area contributed by atoms with Crippen LogP contribution in [0.1, 0.15) is 44.5 Å². The van der Waals surface area contributed by atoms with Gasteiger partial charge in [-0.1, -0.05) is 206 Å². The van der Waals surface area contributed by atoms with Crippen LogP contribution in [0.25, 0.3) is 45.0 Å². The highest BCUT2D eigenvalue weighted by atomic mass is 14.9. The highest BCUT2D eigenvalue weighted by Gasteiger charge is 2.57. The molecular weight excluding hydrogens is 677 g/mol. The lowest BCUT2D eigenvalue weighted by atomic mass is 9.51. The first-order valence-corrected chi connectivity index (χ1v) is 19.3. The van der Waals surface area contributed by atoms with Crippen molar-refractivity contribution < 1.29 is 0 Å². The maximum atomic E-state index is 5.27. The fraction of sp³-hybridized carbons (Fsp3) is 0.0370. The first-order chi connectivity index (χ1) is 27.8. The summed E-state index contributed by atoms with van der Waals surface area (Å²) >= 11 is 0. The van der Waals surface area contributed by atoms with Gasteiger partial charge in [-0.25, -0.2) is 9.97 Å². The molecule has 1 heterocycles. The van der Waals surface area contributed by atoms with Gasteiger partial charge < -0.3 is 0 Å². The van der Waals surface area contributed by atoms with E-state index in [1.165, 1.54) is 55.6 Å². The molecule has 1 aromatic heterocycles. The van der Waals surface area contributed by atoms with E-state index in [0.717, 1.165) is 28.1 Å². The minimum atomic E-state index is -0.654. The molecule has 0 radical (unpaired) electrons. The molecule has 11 rings (SSSR count). The first-order valence-electron chi connectivity index (χ1n) is 19.3. The fourth-order valence-corrected chi connectivity index (χ4v) is 9.84. The summed E-state index contributed by atoms with van der Waals surface area (Å²) in [5.41, 5.74) is 16.6. The van der Waals surface area contributed by atoms with Crippen molar-refractivity contribution in [2.24, 2.45) is 0 Å². The molecule has 0 bridgehead atoms. The Morgan fingerprint density at radius 2 is 0.714 bits per heavy atom. The molecule has 0 aliphatic heterocycles. The van der Waals surface area contributed by atoms with Crippen molar-refractivity contribution >= 4 is 0 Å². The minimum Gasteiger partial charge on any atom is -0.228 e. The Kier molecular flexibility index (Phi) is 7.33. The molecular formula is C54H36N2. The van der Waals surface area contributed by atoms with E-state index in [9.17, 15) is 0 Å². The molecule has 2 nitrogen and oxygen atoms in total. The maximum Gasteiger partial charge on any atom is 0.160 e. The van der Waals surface area contributed by atoms with Crippen LogP contribution in [0.2, 0.25) is 0 Å². The largest absolute Gasteiger partial charge is 0.228 e. The van der Waals surface area contributed by atoms with Gasteiger partial charge in [0.25, 0.3) is 0 Å². The molecule has 0 spiro atoms. The van der Waals surface area contributed by atoms with Gasteiger partial charge in [0.1, 0.15) is 0 Å². The second-order valence-electron chi connectivity index (χ2n) is 14.8. The molecule has 262 valence electrons. The van der Waals surface area contributed by atoms with Crippen molar-refractivity contribution in [3.05, 3.63) is 263 Å². The molecule has 0 saturated heterocycles. The van der Waals surface area contributed by atoms with Crippen LogP contribution in [-0.2, 0) is 10.8 Å². The van der Waals surface area contributed by atoms with Gasteiger partial charge in [-0.05, 0) is 67.8 Å². The molecule has 2 aliphatic rings. The van der Waals surface area contributed by atoms with Crippen molar-refractivity contribution in [1.82, 2.24) is 9.97 Å². The van der Waals surface area contributed by atoms with Crippen LogP contribution in [0.3, 0.4) is 0 Å². The SMILES string of the molecule is c1ccc(-c2cc(-c3ccccc3)nc(-c3cccc(C4(c5ccccc5)c5ccccc5C5(c6ccccc6)c6ccccc6-c6cccc4c65)c3)n2)cc1. The van der Waals surface area contributed by atoms with Crippen molar-refractivity contribution in [1.29, 1.82) is 0 Å². The number of benzene rings is 8. The van der Waals surface area contributed by atoms with Crippen molar-refractivity contribution in [3.63, 3.8) is 0 Å². The minimum absolute atomic E-state index is 0.492. The molecule has 2 heteroatoms. The van der Waals surface area contributed by atoms with E-state index in [-0.39, 0.29) is 0 Å². The average molecular weight is 713 g/mol. The van der Waals surface area contributed by atoms with E-state index in [1.54, 1.807) is 0 Å². The first kappa shape index (κ1) is 32.3. The van der Waals surface area contributed by atoms with Crippen LogP contribution in [0.5, 0.6) is 0 Å². The van der Waals surface area contributed by atoms with E-state index in [0.29, 0.717) is 5.82 Å². The number of nitrogens with zero attached hydrogens (tertiary/aromatic N) is 2. The standard InChI is InChI=1S/C54H36N2/c1-5-19-37(20-6-1)49-36-50(38-21-7-2-8-22-38)56-52(55-49)39-23-17-28-42(35-39)53(40-24-9-3-10-25-40)46-32-15-16-33-47(46)54(41-26-11-4-12-27-41)45-31-14-13-29-43(45)44-30-18-34-48(53)51(44)54/h1-36H. The zero-order chi connectivity index (χ0) is 37.1. The molecule has 9 aromatic rings. The summed E-state index contributed by atoms with van der Waals surface area (Å²) in [5.74, 6) is 0.698. The van der Waals surface area contributed by atoms with Crippen molar-refractivity contribution in [3.8, 4) is 45.0 Å². The smallest absolute Gasteiger partial charge is 0.160 e. The summed E-state index contributed by atoms with van der Waals surface area (Å²) < 4.78 is 0. The van der Waals surface area contributed by atoms with E-state index >= 15 is 0 Å². The summed E-state index contributed by atoms with van der Waals surface area (Å²) in [4.78, 5) is 10.5. The van der Waals surface area contributed by atoms with Gasteiger partial charge in [0.15, 0.2) is 5.82 Å². The zero-order valence-electron chi connectivity index (χ0n) is 30.7. The number of fused-ring (bicyclic) bond motifs is 5. The summed E-state index contributed by atoms with van der Waals surface area (Å²) in [6.07, 6.45) is 0. The van der Waals surface area contributed by atoms with Gasteiger partial charge in [-0.15, -0.1) is 0 Å². The Morgan fingerprint density at radius 1 is 0.286 bits per heavy atom. The van der Waals surface area contributed by atoms with E-state index in [2.05, 4.69) is 206 Å². The Balaban J connectivity index is 1.23. The Bertz CT molecular complexity index is 2850. The van der Waals surface area contributed by atoms with Crippen molar-refractivity contribution in [2.45, 2.75) is 10.8 Å². The molecule has 0 amide bonds. The van der Waals surface area contributed by atoms with Gasteiger partial charge in [0.2, 0.25) is 0 Å². The fourth-order valence-electron chi connectivity index (χ4n) is 9.84. The summed E-state index contributed by atoms with van der Waals surface area (Å²) in [5, 5.41) is 0. The van der Waals surface area contributed by atoms with Gasteiger partial charge >= 0.3 is 0 Å². The third-order valence-corrected chi connectivity index (χ3v) is 12.0. The molecule has 0 N–H and O–H groups in total. The van der Waals surface area contributed by atoms with Crippen LogP contribution in [0.15, 0.2) is 218 Å². The van der Waals surface area contributed by atoms with Crippen molar-refractivity contribution in [2.75, 3.05) is 0 Å². The van der Waals surface area contributed by atoms with E-state index in [4.69, 9.17) is 9.97 Å². The van der Waals surface area contributed by atoms with Gasteiger partial charge in [0.05, 0.1) is 22.2 Å². The van der Waals surface area contributed by atoms with Crippen LogP contribution in [0, 0.1) is 0 Å². The lowest BCUT2D eigenvalue weighted by molar-refractivity contribution is 0.627. The molecule has 2 atom stereocenters. The van der Waals surface area contributed by atoms with Gasteiger partial charge in [0, 0.05) is 16.7 Å². The Morgan fingerprint density at radius 3 is 1.34 bits per heavy atom. The second kappa shape index (κ2) is 12.7. The zero-order valence-corrected chi connectivity index (χ0v) is 30.7. The van der Waals surface area contributed by atoms with E-state index in [1.807, 2.05) is 12.1 Å². The highest BCUT2D eigenvalue weighted by Crippen LogP contribution is 2.65. The topological polar surface area (TPSA) is 25.8 Å². The molecule has 56 heavy (non-hydrogen) atoms. The molecule has 0 fully saturated rings.